The number of hydrogen-bond donors (Lipinski definition) is 1. The molecule has 2 aromatic rings. The predicted molar refractivity (Wildman–Crippen MR) is 112 cm³/mol. The van der Waals surface area contributed by atoms with E-state index in [1.54, 1.807) is 38.5 Å². The van der Waals surface area contributed by atoms with E-state index < -0.39 is 11.7 Å². The first-order chi connectivity index (χ1) is 14.4. The Labute approximate surface area is 174 Å². The van der Waals surface area contributed by atoms with Crippen LogP contribution in [0.25, 0.3) is 0 Å². The van der Waals surface area contributed by atoms with Crippen LogP contribution in [0.1, 0.15) is 30.9 Å². The largest absolute Gasteiger partial charge is 0.493 e. The fourth-order valence-electron chi connectivity index (χ4n) is 3.09. The summed E-state index contributed by atoms with van der Waals surface area (Å²) in [6, 6.07) is 12.5. The molecule has 0 aromatic heterocycles. The molecule has 1 N–H and O–H groups in total. The van der Waals surface area contributed by atoms with E-state index in [-0.39, 0.29) is 12.5 Å². The van der Waals surface area contributed by atoms with Gasteiger partial charge in [-0.3, -0.25) is 14.4 Å². The van der Waals surface area contributed by atoms with Crippen molar-refractivity contribution in [1.82, 2.24) is 5.01 Å². The minimum atomic E-state index is -0.685. The molecule has 8 heteroatoms. The third-order valence-electron chi connectivity index (χ3n) is 4.66. The summed E-state index contributed by atoms with van der Waals surface area (Å²) in [5, 5.41) is 8.49. The van der Waals surface area contributed by atoms with Crippen molar-refractivity contribution in [3.63, 3.8) is 0 Å². The number of benzene rings is 2. The molecule has 1 aliphatic rings. The fraction of sp³-hybridized carbons (Fsp3) is 0.273. The second-order valence-corrected chi connectivity index (χ2v) is 6.78. The van der Waals surface area contributed by atoms with Gasteiger partial charge < -0.3 is 14.8 Å². The topological polar surface area (TPSA) is 97.3 Å². The zero-order chi connectivity index (χ0) is 21.7. The SMILES string of the molecule is COc1ccc(C2=NN(Cc3cccc(NC(=O)C(C)=O)c3)C(=O)CC2)cc1OC. The second kappa shape index (κ2) is 9.21. The number of carbonyl (C=O) groups excluding carboxylic acids is 3. The summed E-state index contributed by atoms with van der Waals surface area (Å²) >= 11 is 0. The van der Waals surface area contributed by atoms with Crippen LogP contribution in [0, 0.1) is 0 Å². The molecule has 8 nitrogen and oxygen atoms in total. The van der Waals surface area contributed by atoms with Crippen molar-refractivity contribution in [3.05, 3.63) is 53.6 Å². The highest BCUT2D eigenvalue weighted by Crippen LogP contribution is 2.29. The molecule has 2 aromatic carbocycles. The van der Waals surface area contributed by atoms with Gasteiger partial charge in [0.15, 0.2) is 11.5 Å². The van der Waals surface area contributed by atoms with Crippen molar-refractivity contribution in [2.45, 2.75) is 26.3 Å². The van der Waals surface area contributed by atoms with E-state index in [0.29, 0.717) is 30.0 Å². The number of ketones is 1. The van der Waals surface area contributed by atoms with Gasteiger partial charge in [-0.05, 0) is 35.9 Å². The van der Waals surface area contributed by atoms with Gasteiger partial charge in [-0.1, -0.05) is 12.1 Å². The highest BCUT2D eigenvalue weighted by molar-refractivity contribution is 6.39. The molecule has 0 spiro atoms. The van der Waals surface area contributed by atoms with Crippen molar-refractivity contribution in [1.29, 1.82) is 0 Å². The normalized spacial score (nSPS) is 13.5. The lowest BCUT2D eigenvalue weighted by Gasteiger charge is -2.24. The van der Waals surface area contributed by atoms with Crippen LogP contribution in [-0.4, -0.2) is 42.5 Å². The number of nitrogens with zero attached hydrogens (tertiary/aromatic N) is 2. The summed E-state index contributed by atoms with van der Waals surface area (Å²) in [6.45, 7) is 1.45. The third kappa shape index (κ3) is 4.83. The van der Waals surface area contributed by atoms with E-state index in [4.69, 9.17) is 9.47 Å². The summed E-state index contributed by atoms with van der Waals surface area (Å²) in [7, 11) is 3.14. The summed E-state index contributed by atoms with van der Waals surface area (Å²) in [6.07, 6.45) is 0.869. The summed E-state index contributed by atoms with van der Waals surface area (Å²) in [4.78, 5) is 35.2. The molecule has 3 rings (SSSR count). The molecule has 156 valence electrons. The van der Waals surface area contributed by atoms with Gasteiger partial charge in [0.25, 0.3) is 5.91 Å². The Bertz CT molecular complexity index is 1020. The number of rotatable bonds is 7. The van der Waals surface area contributed by atoms with Gasteiger partial charge in [0.05, 0.1) is 26.5 Å². The predicted octanol–water partition coefficient (Wildman–Crippen LogP) is 2.76. The van der Waals surface area contributed by atoms with Crippen LogP contribution in [0.15, 0.2) is 47.6 Å². The molecule has 0 saturated heterocycles. The lowest BCUT2D eigenvalue weighted by molar-refractivity contribution is -0.133. The average molecular weight is 409 g/mol. The quantitative estimate of drug-likeness (QED) is 0.709. The number of anilines is 1. The molecule has 1 heterocycles. The molecule has 0 radical (unpaired) electrons. The fourth-order valence-corrected chi connectivity index (χ4v) is 3.09. The van der Waals surface area contributed by atoms with Crippen LogP contribution in [0.3, 0.4) is 0 Å². The first kappa shape index (κ1) is 21.0. The number of ether oxygens (including phenoxy) is 2. The van der Waals surface area contributed by atoms with Crippen LogP contribution in [0.5, 0.6) is 11.5 Å². The summed E-state index contributed by atoms with van der Waals surface area (Å²) in [5.74, 6) is -0.131. The van der Waals surface area contributed by atoms with Crippen molar-refractivity contribution >= 4 is 29.0 Å². The smallest absolute Gasteiger partial charge is 0.291 e. The lowest BCUT2D eigenvalue weighted by atomic mass is 10.0. The number of carbonyl (C=O) groups is 3. The van der Waals surface area contributed by atoms with Gasteiger partial charge in [-0.25, -0.2) is 5.01 Å². The molecule has 0 fully saturated rings. The van der Waals surface area contributed by atoms with Crippen LogP contribution < -0.4 is 14.8 Å². The molecule has 2 amide bonds. The highest BCUT2D eigenvalue weighted by atomic mass is 16.5. The van der Waals surface area contributed by atoms with Crippen LogP contribution in [-0.2, 0) is 20.9 Å². The van der Waals surface area contributed by atoms with E-state index in [0.717, 1.165) is 16.8 Å². The van der Waals surface area contributed by atoms with E-state index in [2.05, 4.69) is 10.4 Å². The highest BCUT2D eigenvalue weighted by Gasteiger charge is 2.22. The van der Waals surface area contributed by atoms with Crippen LogP contribution >= 0.6 is 0 Å². The Hall–Kier alpha value is -3.68. The zero-order valence-electron chi connectivity index (χ0n) is 17.1. The van der Waals surface area contributed by atoms with E-state index >= 15 is 0 Å². The van der Waals surface area contributed by atoms with Crippen molar-refractivity contribution in [2.24, 2.45) is 5.10 Å². The van der Waals surface area contributed by atoms with E-state index in [1.807, 2.05) is 18.2 Å². The number of amides is 2. The van der Waals surface area contributed by atoms with Gasteiger partial charge in [-0.2, -0.15) is 5.10 Å². The van der Waals surface area contributed by atoms with Crippen LogP contribution in [0.2, 0.25) is 0 Å². The Morgan fingerprint density at radius 1 is 1.07 bits per heavy atom. The average Bonchev–Trinajstić information content (AvgIpc) is 2.75. The Morgan fingerprint density at radius 3 is 2.53 bits per heavy atom. The molecule has 1 aliphatic heterocycles. The van der Waals surface area contributed by atoms with Crippen molar-refractivity contribution in [3.8, 4) is 11.5 Å². The monoisotopic (exact) mass is 409 g/mol. The van der Waals surface area contributed by atoms with E-state index in [9.17, 15) is 14.4 Å². The molecule has 0 unspecified atom stereocenters. The molecular weight excluding hydrogens is 386 g/mol. The van der Waals surface area contributed by atoms with Crippen LogP contribution in [0.4, 0.5) is 5.69 Å². The number of nitrogens with one attached hydrogen (secondary N) is 1. The lowest BCUT2D eigenvalue weighted by Crippen LogP contribution is -2.31. The summed E-state index contributed by atoms with van der Waals surface area (Å²) in [5.41, 5.74) is 2.90. The Balaban J connectivity index is 1.81. The molecule has 0 aliphatic carbocycles. The number of hydrogen-bond acceptors (Lipinski definition) is 6. The number of methoxy groups -OCH3 is 2. The standard InChI is InChI=1S/C22H23N3O5/c1-14(26)22(28)23-17-6-4-5-15(11-17)13-25-21(27)10-8-18(24-25)16-7-9-19(29-2)20(12-16)30-3/h4-7,9,11-12H,8,10,13H2,1-3H3,(H,23,28). The van der Waals surface area contributed by atoms with Gasteiger partial charge in [0.2, 0.25) is 11.7 Å². The molecule has 0 saturated carbocycles. The van der Waals surface area contributed by atoms with Gasteiger partial charge in [-0.15, -0.1) is 0 Å². The van der Waals surface area contributed by atoms with E-state index in [1.165, 1.54) is 11.9 Å². The second-order valence-electron chi connectivity index (χ2n) is 6.78. The summed E-state index contributed by atoms with van der Waals surface area (Å²) < 4.78 is 10.6. The third-order valence-corrected chi connectivity index (χ3v) is 4.66. The first-order valence-corrected chi connectivity index (χ1v) is 9.42. The van der Waals surface area contributed by atoms with Gasteiger partial charge >= 0.3 is 0 Å². The van der Waals surface area contributed by atoms with Gasteiger partial charge in [0, 0.05) is 31.0 Å². The number of hydrazone groups is 1. The molecule has 30 heavy (non-hydrogen) atoms. The van der Waals surface area contributed by atoms with Crippen molar-refractivity contribution < 1.29 is 23.9 Å². The Kier molecular flexibility index (Phi) is 6.46. The maximum absolute atomic E-state index is 12.4. The maximum Gasteiger partial charge on any atom is 0.291 e. The van der Waals surface area contributed by atoms with Crippen molar-refractivity contribution in [2.75, 3.05) is 19.5 Å². The molecular formula is C22H23N3O5. The Morgan fingerprint density at radius 2 is 1.83 bits per heavy atom. The zero-order valence-corrected chi connectivity index (χ0v) is 17.1. The minimum absolute atomic E-state index is 0.0857. The molecule has 0 bridgehead atoms. The van der Waals surface area contributed by atoms with Gasteiger partial charge in [0.1, 0.15) is 0 Å². The number of Topliss-reactive ketones (excluding diaryl/α,β-unsaturated/α-hetero) is 1. The minimum Gasteiger partial charge on any atom is -0.493 e. The first-order valence-electron chi connectivity index (χ1n) is 9.42. The molecule has 0 atom stereocenters. The maximum atomic E-state index is 12.4.